The molecule has 0 atom stereocenters. The highest BCUT2D eigenvalue weighted by atomic mass is 35.5. The van der Waals surface area contributed by atoms with Crippen molar-refractivity contribution in [3.63, 3.8) is 0 Å². The Kier molecular flexibility index (Phi) is 4.68. The number of rotatable bonds is 3. The van der Waals surface area contributed by atoms with Gasteiger partial charge in [-0.05, 0) is 37.1 Å². The molecule has 0 fully saturated rings. The molecule has 0 saturated carbocycles. The molecule has 0 bridgehead atoms. The van der Waals surface area contributed by atoms with Crippen molar-refractivity contribution in [1.82, 2.24) is 4.98 Å². The van der Waals surface area contributed by atoms with Crippen molar-refractivity contribution in [3.8, 4) is 0 Å². The number of benzene rings is 1. The van der Waals surface area contributed by atoms with E-state index in [1.165, 1.54) is 12.3 Å². The van der Waals surface area contributed by atoms with Crippen LogP contribution >= 0.6 is 34.8 Å². The molecule has 0 unspecified atom stereocenters. The van der Waals surface area contributed by atoms with Crippen molar-refractivity contribution in [3.05, 3.63) is 50.6 Å². The molecule has 0 spiro atoms. The smallest absolute Gasteiger partial charge is 0.263 e. The lowest BCUT2D eigenvalue weighted by atomic mass is 10.2. The summed E-state index contributed by atoms with van der Waals surface area (Å²) in [6, 6.07) is 4.57. The van der Waals surface area contributed by atoms with Gasteiger partial charge >= 0.3 is 0 Å². The van der Waals surface area contributed by atoms with Crippen LogP contribution in [-0.4, -0.2) is 13.4 Å². The van der Waals surface area contributed by atoms with Crippen LogP contribution in [0.4, 0.5) is 5.82 Å². The monoisotopic (exact) mass is 364 g/mol. The molecule has 21 heavy (non-hydrogen) atoms. The van der Waals surface area contributed by atoms with Crippen LogP contribution in [0.3, 0.4) is 0 Å². The normalized spacial score (nSPS) is 11.5. The Labute approximate surface area is 138 Å². The van der Waals surface area contributed by atoms with Crippen molar-refractivity contribution < 1.29 is 8.42 Å². The first-order valence-corrected chi connectivity index (χ1v) is 8.43. The first-order valence-electron chi connectivity index (χ1n) is 5.82. The van der Waals surface area contributed by atoms with E-state index in [9.17, 15) is 8.42 Å². The van der Waals surface area contributed by atoms with Gasteiger partial charge < -0.3 is 0 Å². The minimum absolute atomic E-state index is 0.0593. The number of hydrogen-bond acceptors (Lipinski definition) is 3. The van der Waals surface area contributed by atoms with Crippen LogP contribution in [0.25, 0.3) is 0 Å². The first kappa shape index (κ1) is 16.4. The summed E-state index contributed by atoms with van der Waals surface area (Å²) in [4.78, 5) is 3.84. The van der Waals surface area contributed by atoms with Crippen molar-refractivity contribution in [2.45, 2.75) is 18.7 Å². The van der Waals surface area contributed by atoms with Crippen LogP contribution in [0.5, 0.6) is 0 Å². The fourth-order valence-electron chi connectivity index (χ4n) is 1.78. The van der Waals surface area contributed by atoms with Crippen molar-refractivity contribution in [2.24, 2.45) is 0 Å². The fourth-order valence-corrected chi connectivity index (χ4v) is 4.16. The zero-order valence-corrected chi connectivity index (χ0v) is 14.2. The predicted octanol–water partition coefficient (Wildman–Crippen LogP) is 4.46. The average molecular weight is 366 g/mol. The van der Waals surface area contributed by atoms with E-state index in [1.54, 1.807) is 26.0 Å². The quantitative estimate of drug-likeness (QED) is 0.873. The molecule has 0 amide bonds. The molecule has 4 nitrogen and oxygen atoms in total. The van der Waals surface area contributed by atoms with Gasteiger partial charge in [-0.3, -0.25) is 4.72 Å². The third kappa shape index (κ3) is 3.43. The molecule has 2 aromatic rings. The molecule has 112 valence electrons. The zero-order chi connectivity index (χ0) is 15.8. The van der Waals surface area contributed by atoms with Crippen molar-refractivity contribution in [2.75, 3.05) is 4.72 Å². The lowest BCUT2D eigenvalue weighted by molar-refractivity contribution is 0.600. The molecule has 2 rings (SSSR count). The van der Waals surface area contributed by atoms with E-state index in [-0.39, 0.29) is 15.7 Å². The van der Waals surface area contributed by atoms with Gasteiger partial charge in [-0.25, -0.2) is 13.4 Å². The van der Waals surface area contributed by atoms with Crippen LogP contribution < -0.4 is 4.72 Å². The van der Waals surface area contributed by atoms with Gasteiger partial charge in [0.25, 0.3) is 10.0 Å². The molecule has 1 N–H and O–H groups in total. The SMILES string of the molecule is Cc1cc(Cl)c(C)c(S(=O)(=O)Nc2cc(Cl)ccn2)c1Cl. The van der Waals surface area contributed by atoms with E-state index in [0.717, 1.165) is 0 Å². The Morgan fingerprint density at radius 3 is 2.43 bits per heavy atom. The van der Waals surface area contributed by atoms with Gasteiger partial charge in [-0.1, -0.05) is 34.8 Å². The molecular weight excluding hydrogens is 355 g/mol. The summed E-state index contributed by atoms with van der Waals surface area (Å²) in [5.41, 5.74) is 0.952. The Balaban J connectivity index is 2.55. The van der Waals surface area contributed by atoms with Crippen LogP contribution in [0.1, 0.15) is 11.1 Å². The first-order chi connectivity index (χ1) is 9.72. The number of pyridine rings is 1. The number of halogens is 3. The predicted molar refractivity (Wildman–Crippen MR) is 86.0 cm³/mol. The number of anilines is 1. The van der Waals surface area contributed by atoms with Gasteiger partial charge in [-0.15, -0.1) is 0 Å². The topological polar surface area (TPSA) is 59.1 Å². The number of nitrogens with zero attached hydrogens (tertiary/aromatic N) is 1. The average Bonchev–Trinajstić information content (AvgIpc) is 2.35. The van der Waals surface area contributed by atoms with E-state index < -0.39 is 10.0 Å². The summed E-state index contributed by atoms with van der Waals surface area (Å²) in [5.74, 6) is 0.107. The minimum Gasteiger partial charge on any atom is -0.263 e. The molecule has 1 aromatic heterocycles. The molecule has 0 saturated heterocycles. The Morgan fingerprint density at radius 2 is 1.81 bits per heavy atom. The second-order valence-corrected chi connectivity index (χ2v) is 7.25. The van der Waals surface area contributed by atoms with Gasteiger partial charge in [-0.2, -0.15) is 0 Å². The van der Waals surface area contributed by atoms with E-state index in [2.05, 4.69) is 9.71 Å². The molecule has 0 aliphatic rings. The highest BCUT2D eigenvalue weighted by molar-refractivity contribution is 7.92. The molecule has 1 heterocycles. The lowest BCUT2D eigenvalue weighted by Gasteiger charge is -2.14. The van der Waals surface area contributed by atoms with Crippen LogP contribution in [0, 0.1) is 13.8 Å². The summed E-state index contributed by atoms with van der Waals surface area (Å²) in [6.07, 6.45) is 1.40. The molecule has 8 heteroatoms. The molecule has 1 aromatic carbocycles. The molecule has 0 radical (unpaired) electrons. The van der Waals surface area contributed by atoms with E-state index in [0.29, 0.717) is 21.2 Å². The van der Waals surface area contributed by atoms with E-state index >= 15 is 0 Å². The van der Waals surface area contributed by atoms with E-state index in [1.807, 2.05) is 0 Å². The summed E-state index contributed by atoms with van der Waals surface area (Å²) in [5, 5.41) is 0.829. The highest BCUT2D eigenvalue weighted by Gasteiger charge is 2.24. The van der Waals surface area contributed by atoms with Gasteiger partial charge in [0.05, 0.1) is 5.02 Å². The Hall–Kier alpha value is -1.01. The van der Waals surface area contributed by atoms with Gasteiger partial charge in [0, 0.05) is 22.3 Å². The Bertz CT molecular complexity index is 781. The fraction of sp³-hybridized carbons (Fsp3) is 0.154. The van der Waals surface area contributed by atoms with Crippen LogP contribution in [0.2, 0.25) is 15.1 Å². The maximum Gasteiger partial charge on any atom is 0.264 e. The second kappa shape index (κ2) is 6.01. The van der Waals surface area contributed by atoms with Crippen LogP contribution in [-0.2, 0) is 10.0 Å². The van der Waals surface area contributed by atoms with Crippen molar-refractivity contribution >= 4 is 50.6 Å². The molecular formula is C13H11Cl3N2O2S. The zero-order valence-electron chi connectivity index (χ0n) is 11.1. The molecule has 0 aliphatic heterocycles. The summed E-state index contributed by atoms with van der Waals surface area (Å²) < 4.78 is 27.4. The highest BCUT2D eigenvalue weighted by Crippen LogP contribution is 2.34. The maximum absolute atomic E-state index is 12.5. The maximum atomic E-state index is 12.5. The number of sulfonamides is 1. The standard InChI is InChI=1S/C13H11Cl3N2O2S/c1-7-5-10(15)8(2)13(12(7)16)21(19,20)18-11-6-9(14)3-4-17-11/h3-6H,1-2H3,(H,17,18). The van der Waals surface area contributed by atoms with Crippen molar-refractivity contribution in [1.29, 1.82) is 0 Å². The summed E-state index contributed by atoms with van der Waals surface area (Å²) >= 11 is 18.0. The third-order valence-corrected chi connectivity index (χ3v) is 5.57. The Morgan fingerprint density at radius 1 is 1.14 bits per heavy atom. The minimum atomic E-state index is -3.92. The second-order valence-electron chi connectivity index (χ2n) is 4.41. The third-order valence-electron chi connectivity index (χ3n) is 2.82. The number of aryl methyl sites for hydroxylation is 1. The summed E-state index contributed by atoms with van der Waals surface area (Å²) in [7, 11) is -3.92. The van der Waals surface area contributed by atoms with Gasteiger partial charge in [0.1, 0.15) is 10.7 Å². The molecule has 0 aliphatic carbocycles. The van der Waals surface area contributed by atoms with Gasteiger partial charge in [0.15, 0.2) is 0 Å². The summed E-state index contributed by atoms with van der Waals surface area (Å²) in [6.45, 7) is 3.28. The number of aromatic nitrogens is 1. The van der Waals surface area contributed by atoms with E-state index in [4.69, 9.17) is 34.8 Å². The van der Waals surface area contributed by atoms with Gasteiger partial charge in [0.2, 0.25) is 0 Å². The largest absolute Gasteiger partial charge is 0.264 e. The number of hydrogen-bond donors (Lipinski definition) is 1. The number of nitrogens with one attached hydrogen (secondary N) is 1. The van der Waals surface area contributed by atoms with Crippen LogP contribution in [0.15, 0.2) is 29.3 Å². The lowest BCUT2D eigenvalue weighted by Crippen LogP contribution is -2.16.